The largest absolute Gasteiger partial charge is 0.332 e. The average molecular weight is 379 g/mol. The third-order valence-corrected chi connectivity index (χ3v) is 5.47. The van der Waals surface area contributed by atoms with Crippen LogP contribution in [0.4, 0.5) is 0 Å². The molecule has 0 saturated heterocycles. The van der Waals surface area contributed by atoms with Gasteiger partial charge >= 0.3 is 5.69 Å². The zero-order chi connectivity index (χ0) is 20.0. The van der Waals surface area contributed by atoms with Gasteiger partial charge in [0.25, 0.3) is 5.56 Å². The SMILES string of the molecule is CCCCn1c(=O)c2c(nc3n([C@@H](C)c4ccccc4)c(C)cn23)n(C)c1=O. The molecule has 3 aromatic heterocycles. The van der Waals surface area contributed by atoms with E-state index in [4.69, 9.17) is 4.98 Å². The van der Waals surface area contributed by atoms with Gasteiger partial charge in [0, 0.05) is 25.5 Å². The molecular formula is C21H25N5O2. The minimum absolute atomic E-state index is 0.0508. The molecule has 3 heterocycles. The van der Waals surface area contributed by atoms with E-state index < -0.39 is 0 Å². The third kappa shape index (κ3) is 2.61. The number of nitrogens with zero attached hydrogens (tertiary/aromatic N) is 5. The van der Waals surface area contributed by atoms with Crippen LogP contribution in [0.5, 0.6) is 0 Å². The molecule has 7 heteroatoms. The molecule has 1 atom stereocenters. The number of benzene rings is 1. The Hall–Kier alpha value is -3.09. The van der Waals surface area contributed by atoms with Gasteiger partial charge in [0.1, 0.15) is 0 Å². The van der Waals surface area contributed by atoms with E-state index in [1.54, 1.807) is 7.05 Å². The topological polar surface area (TPSA) is 66.2 Å². The molecule has 0 aliphatic carbocycles. The molecule has 4 rings (SSSR count). The first-order valence-electron chi connectivity index (χ1n) is 9.70. The fourth-order valence-electron chi connectivity index (χ4n) is 3.90. The number of aryl methyl sites for hydroxylation is 2. The van der Waals surface area contributed by atoms with Crippen molar-refractivity contribution < 1.29 is 0 Å². The Bertz CT molecular complexity index is 1270. The lowest BCUT2D eigenvalue weighted by Gasteiger charge is -2.16. The van der Waals surface area contributed by atoms with E-state index in [1.807, 2.05) is 42.6 Å². The van der Waals surface area contributed by atoms with Crippen LogP contribution in [0.25, 0.3) is 16.9 Å². The Labute approximate surface area is 162 Å². The van der Waals surface area contributed by atoms with Crippen molar-refractivity contribution in [2.75, 3.05) is 0 Å². The van der Waals surface area contributed by atoms with E-state index in [1.165, 1.54) is 9.13 Å². The van der Waals surface area contributed by atoms with E-state index in [0.717, 1.165) is 24.1 Å². The van der Waals surface area contributed by atoms with Crippen molar-refractivity contribution in [2.45, 2.75) is 46.2 Å². The molecule has 0 bridgehead atoms. The summed E-state index contributed by atoms with van der Waals surface area (Å²) in [5.41, 5.74) is 2.45. The summed E-state index contributed by atoms with van der Waals surface area (Å²) in [6.07, 6.45) is 3.63. The Morgan fingerprint density at radius 2 is 1.86 bits per heavy atom. The summed E-state index contributed by atoms with van der Waals surface area (Å²) in [6, 6.07) is 10.2. The van der Waals surface area contributed by atoms with Crippen LogP contribution in [0, 0.1) is 6.92 Å². The third-order valence-electron chi connectivity index (χ3n) is 5.47. The summed E-state index contributed by atoms with van der Waals surface area (Å²) in [4.78, 5) is 30.5. The molecule has 0 fully saturated rings. The van der Waals surface area contributed by atoms with Crippen molar-refractivity contribution in [1.29, 1.82) is 0 Å². The fraction of sp³-hybridized carbons (Fsp3) is 0.381. The predicted octanol–water partition coefficient (Wildman–Crippen LogP) is 2.87. The van der Waals surface area contributed by atoms with Crippen LogP contribution in [0.15, 0.2) is 46.1 Å². The molecule has 146 valence electrons. The van der Waals surface area contributed by atoms with Gasteiger partial charge in [0.2, 0.25) is 5.78 Å². The first kappa shape index (κ1) is 18.3. The second kappa shape index (κ2) is 6.82. The van der Waals surface area contributed by atoms with Gasteiger partial charge in [-0.05, 0) is 25.8 Å². The van der Waals surface area contributed by atoms with E-state index in [9.17, 15) is 9.59 Å². The molecule has 0 amide bonds. The van der Waals surface area contributed by atoms with Crippen LogP contribution in [0.2, 0.25) is 0 Å². The summed E-state index contributed by atoms with van der Waals surface area (Å²) >= 11 is 0. The van der Waals surface area contributed by atoms with Crippen LogP contribution in [-0.4, -0.2) is 23.1 Å². The summed E-state index contributed by atoms with van der Waals surface area (Å²) in [5.74, 6) is 0.671. The Balaban J connectivity index is 2.01. The standard InChI is InChI=1S/C21H25N5O2/c1-5-6-12-24-19(27)17-18(23(4)21(24)28)22-20-25(17)13-14(2)26(20)15(3)16-10-8-7-9-11-16/h7-11,13,15H,5-6,12H2,1-4H3/t15-/m0/s1. The lowest BCUT2D eigenvalue weighted by molar-refractivity contribution is 0.566. The van der Waals surface area contributed by atoms with Gasteiger partial charge in [0.05, 0.1) is 6.04 Å². The molecule has 0 aliphatic heterocycles. The molecule has 4 aromatic rings. The molecule has 0 N–H and O–H groups in total. The summed E-state index contributed by atoms with van der Waals surface area (Å²) < 4.78 is 6.74. The molecule has 0 radical (unpaired) electrons. The Morgan fingerprint density at radius 1 is 1.14 bits per heavy atom. The maximum Gasteiger partial charge on any atom is 0.332 e. The minimum Gasteiger partial charge on any atom is -0.307 e. The average Bonchev–Trinajstić information content (AvgIpc) is 3.21. The van der Waals surface area contributed by atoms with Gasteiger partial charge < -0.3 is 4.57 Å². The molecule has 28 heavy (non-hydrogen) atoms. The monoisotopic (exact) mass is 379 g/mol. The van der Waals surface area contributed by atoms with Crippen molar-refractivity contribution in [3.8, 4) is 0 Å². The zero-order valence-electron chi connectivity index (χ0n) is 16.7. The first-order valence-corrected chi connectivity index (χ1v) is 9.70. The summed E-state index contributed by atoms with van der Waals surface area (Å²) in [7, 11) is 1.68. The van der Waals surface area contributed by atoms with Gasteiger partial charge in [0.15, 0.2) is 11.2 Å². The molecule has 7 nitrogen and oxygen atoms in total. The second-order valence-corrected chi connectivity index (χ2v) is 7.33. The first-order chi connectivity index (χ1) is 13.5. The number of rotatable bonds is 5. The van der Waals surface area contributed by atoms with Crippen LogP contribution in [0.3, 0.4) is 0 Å². The molecule has 0 spiro atoms. The summed E-state index contributed by atoms with van der Waals surface area (Å²) in [6.45, 7) is 6.59. The van der Waals surface area contributed by atoms with Gasteiger partial charge in [-0.15, -0.1) is 0 Å². The van der Waals surface area contributed by atoms with E-state index in [-0.39, 0.29) is 17.3 Å². The van der Waals surface area contributed by atoms with E-state index >= 15 is 0 Å². The number of fused-ring (bicyclic) bond motifs is 3. The number of unbranched alkanes of at least 4 members (excludes halogenated alkanes) is 1. The number of hydrogen-bond acceptors (Lipinski definition) is 3. The van der Waals surface area contributed by atoms with Crippen molar-refractivity contribution in [1.82, 2.24) is 23.1 Å². The van der Waals surface area contributed by atoms with Gasteiger partial charge in [-0.25, -0.2) is 4.79 Å². The predicted molar refractivity (Wildman–Crippen MR) is 110 cm³/mol. The van der Waals surface area contributed by atoms with Crippen LogP contribution >= 0.6 is 0 Å². The van der Waals surface area contributed by atoms with Crippen LogP contribution in [-0.2, 0) is 13.6 Å². The fourth-order valence-corrected chi connectivity index (χ4v) is 3.90. The second-order valence-electron chi connectivity index (χ2n) is 7.33. The van der Waals surface area contributed by atoms with Crippen LogP contribution < -0.4 is 11.2 Å². The van der Waals surface area contributed by atoms with E-state index in [2.05, 4.69) is 23.6 Å². The number of imidazole rings is 2. The minimum atomic E-state index is -0.314. The molecule has 1 aromatic carbocycles. The molecule has 0 saturated carbocycles. The van der Waals surface area contributed by atoms with Crippen LogP contribution in [0.1, 0.15) is 44.0 Å². The highest BCUT2D eigenvalue weighted by atomic mass is 16.2. The Morgan fingerprint density at radius 3 is 2.54 bits per heavy atom. The smallest absolute Gasteiger partial charge is 0.307 e. The van der Waals surface area contributed by atoms with Crippen molar-refractivity contribution >= 4 is 16.9 Å². The molecule has 0 aliphatic rings. The van der Waals surface area contributed by atoms with Crippen molar-refractivity contribution in [3.63, 3.8) is 0 Å². The zero-order valence-corrected chi connectivity index (χ0v) is 16.7. The van der Waals surface area contributed by atoms with Crippen molar-refractivity contribution in [3.05, 3.63) is 68.6 Å². The van der Waals surface area contributed by atoms with Gasteiger partial charge in [-0.3, -0.25) is 18.3 Å². The Kier molecular flexibility index (Phi) is 4.45. The highest BCUT2D eigenvalue weighted by Gasteiger charge is 2.22. The lowest BCUT2D eigenvalue weighted by atomic mass is 10.1. The summed E-state index contributed by atoms with van der Waals surface area (Å²) in [5, 5.41) is 0. The van der Waals surface area contributed by atoms with Crippen molar-refractivity contribution in [2.24, 2.45) is 7.05 Å². The normalized spacial score (nSPS) is 12.9. The van der Waals surface area contributed by atoms with E-state index in [0.29, 0.717) is 23.5 Å². The number of aromatic nitrogens is 5. The van der Waals surface area contributed by atoms with Gasteiger partial charge in [-0.1, -0.05) is 43.7 Å². The lowest BCUT2D eigenvalue weighted by Crippen LogP contribution is -2.39. The highest BCUT2D eigenvalue weighted by Crippen LogP contribution is 2.25. The highest BCUT2D eigenvalue weighted by molar-refractivity contribution is 5.75. The molecular weight excluding hydrogens is 354 g/mol. The maximum atomic E-state index is 13.1. The molecule has 0 unspecified atom stereocenters. The van der Waals surface area contributed by atoms with Gasteiger partial charge in [-0.2, -0.15) is 4.98 Å². The quantitative estimate of drug-likeness (QED) is 0.536. The number of hydrogen-bond donors (Lipinski definition) is 0. The maximum absolute atomic E-state index is 13.1.